The zero-order valence-corrected chi connectivity index (χ0v) is 16.2. The number of rotatable bonds is 2. The average molecular weight is 382 g/mol. The van der Waals surface area contributed by atoms with Crippen LogP contribution in [-0.4, -0.2) is 54.4 Å². The lowest BCUT2D eigenvalue weighted by Gasteiger charge is -2.40. The second-order valence-corrected chi connectivity index (χ2v) is 8.32. The van der Waals surface area contributed by atoms with Gasteiger partial charge in [-0.3, -0.25) is 19.7 Å². The molecular weight excluding hydrogens is 356 g/mol. The van der Waals surface area contributed by atoms with Gasteiger partial charge in [0.1, 0.15) is 0 Å². The SMILES string of the molecule is Cn1nc(N2CCC(=O)NC2=O)c2ccc(N3CCC4(CCNC4)CC3)cc21. The van der Waals surface area contributed by atoms with Crippen LogP contribution in [0.15, 0.2) is 18.2 Å². The number of piperidine rings is 1. The molecule has 2 N–H and O–H groups in total. The minimum absolute atomic E-state index is 0.232. The van der Waals surface area contributed by atoms with E-state index in [4.69, 9.17) is 0 Å². The Balaban J connectivity index is 1.41. The highest BCUT2D eigenvalue weighted by molar-refractivity contribution is 6.09. The van der Waals surface area contributed by atoms with Crippen molar-refractivity contribution in [2.24, 2.45) is 12.5 Å². The number of nitrogens with one attached hydrogen (secondary N) is 2. The lowest BCUT2D eigenvalue weighted by Crippen LogP contribution is -2.49. The summed E-state index contributed by atoms with van der Waals surface area (Å²) in [6, 6.07) is 5.96. The highest BCUT2D eigenvalue weighted by atomic mass is 16.2. The van der Waals surface area contributed by atoms with Gasteiger partial charge in [-0.15, -0.1) is 0 Å². The Hall–Kier alpha value is -2.61. The fraction of sp³-hybridized carbons (Fsp3) is 0.550. The maximum atomic E-state index is 12.2. The average Bonchev–Trinajstić information content (AvgIpc) is 3.27. The first-order valence-corrected chi connectivity index (χ1v) is 10.1. The van der Waals surface area contributed by atoms with Gasteiger partial charge in [-0.2, -0.15) is 5.10 Å². The van der Waals surface area contributed by atoms with Crippen molar-refractivity contribution in [3.63, 3.8) is 0 Å². The Morgan fingerprint density at radius 2 is 1.93 bits per heavy atom. The van der Waals surface area contributed by atoms with Crippen molar-refractivity contribution in [1.82, 2.24) is 20.4 Å². The van der Waals surface area contributed by atoms with E-state index in [-0.39, 0.29) is 5.91 Å². The topological polar surface area (TPSA) is 82.5 Å². The molecule has 3 saturated heterocycles. The Kier molecular flexibility index (Phi) is 4.04. The van der Waals surface area contributed by atoms with Crippen LogP contribution in [0.4, 0.5) is 16.3 Å². The lowest BCUT2D eigenvalue weighted by molar-refractivity contribution is -0.120. The van der Waals surface area contributed by atoms with Gasteiger partial charge in [-0.1, -0.05) is 0 Å². The molecule has 1 spiro atoms. The van der Waals surface area contributed by atoms with Crippen LogP contribution in [0.3, 0.4) is 0 Å². The Labute approximate surface area is 163 Å². The number of imide groups is 1. The maximum Gasteiger partial charge on any atom is 0.329 e. The first-order chi connectivity index (χ1) is 13.5. The fourth-order valence-electron chi connectivity index (χ4n) is 4.85. The molecule has 148 valence electrons. The van der Waals surface area contributed by atoms with Gasteiger partial charge in [0, 0.05) is 50.7 Å². The molecule has 5 rings (SSSR count). The highest BCUT2D eigenvalue weighted by Gasteiger charge is 2.37. The van der Waals surface area contributed by atoms with E-state index in [1.54, 1.807) is 4.90 Å². The largest absolute Gasteiger partial charge is 0.371 e. The summed E-state index contributed by atoms with van der Waals surface area (Å²) in [7, 11) is 1.90. The van der Waals surface area contributed by atoms with E-state index in [1.165, 1.54) is 24.9 Å². The van der Waals surface area contributed by atoms with Crippen LogP contribution < -0.4 is 20.4 Å². The van der Waals surface area contributed by atoms with Crippen molar-refractivity contribution in [3.8, 4) is 0 Å². The third-order valence-electron chi connectivity index (χ3n) is 6.65. The summed E-state index contributed by atoms with van der Waals surface area (Å²) in [6.45, 7) is 4.83. The van der Waals surface area contributed by atoms with Crippen LogP contribution in [0.1, 0.15) is 25.7 Å². The second-order valence-electron chi connectivity index (χ2n) is 8.32. The summed E-state index contributed by atoms with van der Waals surface area (Å²) in [5, 5.41) is 11.4. The van der Waals surface area contributed by atoms with Crippen LogP contribution in [0.2, 0.25) is 0 Å². The number of aryl methyl sites for hydroxylation is 1. The maximum absolute atomic E-state index is 12.2. The molecule has 0 atom stereocenters. The number of benzene rings is 1. The number of nitrogens with zero attached hydrogens (tertiary/aromatic N) is 4. The monoisotopic (exact) mass is 382 g/mol. The van der Waals surface area contributed by atoms with E-state index < -0.39 is 6.03 Å². The van der Waals surface area contributed by atoms with Gasteiger partial charge in [0.15, 0.2) is 5.82 Å². The van der Waals surface area contributed by atoms with E-state index in [2.05, 4.69) is 38.8 Å². The molecule has 3 aliphatic rings. The van der Waals surface area contributed by atoms with E-state index >= 15 is 0 Å². The molecule has 8 nitrogen and oxygen atoms in total. The summed E-state index contributed by atoms with van der Waals surface area (Å²) in [4.78, 5) is 27.7. The van der Waals surface area contributed by atoms with Crippen molar-refractivity contribution in [1.29, 1.82) is 0 Å². The second kappa shape index (κ2) is 6.48. The minimum Gasteiger partial charge on any atom is -0.371 e. The molecule has 3 amide bonds. The van der Waals surface area contributed by atoms with Gasteiger partial charge in [-0.25, -0.2) is 4.79 Å². The van der Waals surface area contributed by atoms with E-state index in [0.29, 0.717) is 24.2 Å². The molecule has 3 fully saturated rings. The zero-order valence-electron chi connectivity index (χ0n) is 16.2. The number of urea groups is 1. The first kappa shape index (κ1) is 17.5. The Morgan fingerprint density at radius 1 is 1.11 bits per heavy atom. The summed E-state index contributed by atoms with van der Waals surface area (Å²) in [5.74, 6) is 0.382. The standard InChI is InChI=1S/C20H26N6O2/c1-24-16-12-14(25-10-6-20(7-11-25)5-8-21-13-20)2-3-15(16)18(23-24)26-9-4-17(27)22-19(26)28/h2-3,12,21H,4-11,13H2,1H3,(H,22,27,28). The smallest absolute Gasteiger partial charge is 0.329 e. The summed E-state index contributed by atoms with van der Waals surface area (Å²) < 4.78 is 1.82. The van der Waals surface area contributed by atoms with Gasteiger partial charge in [-0.05, 0) is 49.4 Å². The molecule has 0 bridgehead atoms. The third-order valence-corrected chi connectivity index (χ3v) is 6.65. The summed E-state index contributed by atoms with van der Waals surface area (Å²) in [6.07, 6.45) is 4.06. The molecule has 0 radical (unpaired) electrons. The van der Waals surface area contributed by atoms with Crippen molar-refractivity contribution in [2.75, 3.05) is 42.5 Å². The van der Waals surface area contributed by atoms with Gasteiger partial charge in [0.25, 0.3) is 0 Å². The van der Waals surface area contributed by atoms with Crippen molar-refractivity contribution in [3.05, 3.63) is 18.2 Å². The van der Waals surface area contributed by atoms with Crippen molar-refractivity contribution in [2.45, 2.75) is 25.7 Å². The number of aromatic nitrogens is 2. The molecule has 28 heavy (non-hydrogen) atoms. The van der Waals surface area contributed by atoms with Crippen molar-refractivity contribution >= 4 is 34.3 Å². The van der Waals surface area contributed by atoms with E-state index in [1.807, 2.05) is 11.7 Å². The zero-order chi connectivity index (χ0) is 19.3. The molecule has 2 aromatic rings. The molecule has 8 heteroatoms. The fourth-order valence-corrected chi connectivity index (χ4v) is 4.85. The van der Waals surface area contributed by atoms with Gasteiger partial charge in [0.05, 0.1) is 5.52 Å². The van der Waals surface area contributed by atoms with E-state index in [0.717, 1.165) is 37.1 Å². The molecule has 3 aliphatic heterocycles. The summed E-state index contributed by atoms with van der Waals surface area (Å²) >= 11 is 0. The predicted molar refractivity (Wildman–Crippen MR) is 108 cm³/mol. The molecule has 0 unspecified atom stereocenters. The van der Waals surface area contributed by atoms with Crippen LogP contribution in [0.5, 0.6) is 0 Å². The molecule has 1 aromatic carbocycles. The van der Waals surface area contributed by atoms with Crippen LogP contribution in [0, 0.1) is 5.41 Å². The van der Waals surface area contributed by atoms with Crippen LogP contribution in [-0.2, 0) is 11.8 Å². The number of amides is 3. The molecule has 0 saturated carbocycles. The number of fused-ring (bicyclic) bond motifs is 1. The Bertz CT molecular complexity index is 936. The quantitative estimate of drug-likeness (QED) is 0.824. The number of anilines is 2. The predicted octanol–water partition coefficient (Wildman–Crippen LogP) is 1.60. The number of hydrogen-bond acceptors (Lipinski definition) is 5. The third kappa shape index (κ3) is 2.83. The number of hydrogen-bond donors (Lipinski definition) is 2. The van der Waals surface area contributed by atoms with Gasteiger partial charge >= 0.3 is 6.03 Å². The van der Waals surface area contributed by atoms with Crippen molar-refractivity contribution < 1.29 is 9.59 Å². The van der Waals surface area contributed by atoms with Gasteiger partial charge in [0.2, 0.25) is 5.91 Å². The lowest BCUT2D eigenvalue weighted by atomic mass is 9.78. The first-order valence-electron chi connectivity index (χ1n) is 10.1. The van der Waals surface area contributed by atoms with Crippen LogP contribution >= 0.6 is 0 Å². The number of carbonyl (C=O) groups excluding carboxylic acids is 2. The molecule has 0 aliphatic carbocycles. The molecular formula is C20H26N6O2. The molecule has 1 aromatic heterocycles. The number of carbonyl (C=O) groups is 2. The molecule has 4 heterocycles. The van der Waals surface area contributed by atoms with E-state index in [9.17, 15) is 9.59 Å². The van der Waals surface area contributed by atoms with Gasteiger partial charge < -0.3 is 10.2 Å². The minimum atomic E-state index is -0.396. The summed E-state index contributed by atoms with van der Waals surface area (Å²) in [5.41, 5.74) is 2.71. The van der Waals surface area contributed by atoms with Crippen LogP contribution in [0.25, 0.3) is 10.9 Å². The highest BCUT2D eigenvalue weighted by Crippen LogP contribution is 2.39. The normalized spacial score (nSPS) is 22.3. The Morgan fingerprint density at radius 3 is 2.64 bits per heavy atom.